The highest BCUT2D eigenvalue weighted by molar-refractivity contribution is 6.12. The van der Waals surface area contributed by atoms with Gasteiger partial charge in [0.2, 0.25) is 0 Å². The molecule has 2 fully saturated rings. The maximum Gasteiger partial charge on any atom is 0.263 e. The standard InChI is InChI=1S/C25H35F2N9O3/c1-3-4-25(27)14-30-22-19(21(28)32-36(22)15-25)23(37)31-17-12-29-11-16(26)20(17)34-5-7-35(8-6-34)24(38)18-13-33(2)9-10-39-18/h11-12,18,30H,3-10,13-15H2,1-2H3,(H2,28,32)(H,31,37). The normalized spacial score (nSPS) is 23.7. The van der Waals surface area contributed by atoms with Crippen molar-refractivity contribution in [2.75, 3.05) is 80.7 Å². The molecule has 14 heteroatoms. The maximum absolute atomic E-state index is 15.1. The zero-order valence-electron chi connectivity index (χ0n) is 22.3. The fourth-order valence-electron chi connectivity index (χ4n) is 5.49. The van der Waals surface area contributed by atoms with E-state index < -0.39 is 23.5 Å². The number of piperazine rings is 1. The van der Waals surface area contributed by atoms with Crippen LogP contribution in [-0.4, -0.2) is 108 Å². The smallest absolute Gasteiger partial charge is 0.263 e. The summed E-state index contributed by atoms with van der Waals surface area (Å²) in [6, 6.07) is 0. The zero-order chi connectivity index (χ0) is 27.7. The number of hydrogen-bond acceptors (Lipinski definition) is 9. The summed E-state index contributed by atoms with van der Waals surface area (Å²) in [6.07, 6.45) is 2.96. The lowest BCUT2D eigenvalue weighted by atomic mass is 9.98. The lowest BCUT2D eigenvalue weighted by Gasteiger charge is -2.39. The van der Waals surface area contributed by atoms with Crippen LogP contribution in [0.4, 0.5) is 31.8 Å². The molecule has 212 valence electrons. The van der Waals surface area contributed by atoms with Gasteiger partial charge >= 0.3 is 0 Å². The van der Waals surface area contributed by atoms with Crippen molar-refractivity contribution in [3.05, 3.63) is 23.8 Å². The van der Waals surface area contributed by atoms with Gasteiger partial charge in [0.1, 0.15) is 28.8 Å². The van der Waals surface area contributed by atoms with Crippen LogP contribution in [0, 0.1) is 5.82 Å². The van der Waals surface area contributed by atoms with E-state index >= 15 is 8.78 Å². The van der Waals surface area contributed by atoms with Crippen LogP contribution < -0.4 is 21.3 Å². The number of likely N-dealkylation sites (N-methyl/N-ethyl adjacent to an activating group) is 1. The molecule has 0 spiro atoms. The van der Waals surface area contributed by atoms with Gasteiger partial charge in [-0.3, -0.25) is 14.6 Å². The Bertz CT molecular complexity index is 1230. The highest BCUT2D eigenvalue weighted by Gasteiger charge is 2.38. The summed E-state index contributed by atoms with van der Waals surface area (Å²) in [4.78, 5) is 35.8. The van der Waals surface area contributed by atoms with Crippen molar-refractivity contribution in [2.45, 2.75) is 38.1 Å². The molecular weight excluding hydrogens is 512 g/mol. The minimum absolute atomic E-state index is 0.0153. The molecule has 0 aromatic carbocycles. The second kappa shape index (κ2) is 10.9. The lowest BCUT2D eigenvalue weighted by molar-refractivity contribution is -0.149. The van der Waals surface area contributed by atoms with Crippen LogP contribution in [0.25, 0.3) is 0 Å². The third-order valence-electron chi connectivity index (χ3n) is 7.48. The topological polar surface area (TPSA) is 134 Å². The Morgan fingerprint density at radius 3 is 2.74 bits per heavy atom. The number of morpholine rings is 1. The Labute approximate surface area is 225 Å². The van der Waals surface area contributed by atoms with Crippen LogP contribution in [-0.2, 0) is 16.1 Å². The van der Waals surface area contributed by atoms with E-state index in [0.29, 0.717) is 58.0 Å². The van der Waals surface area contributed by atoms with E-state index in [4.69, 9.17) is 10.5 Å². The van der Waals surface area contributed by atoms with Gasteiger partial charge in [0.15, 0.2) is 11.6 Å². The number of amides is 2. The molecule has 2 atom stereocenters. The van der Waals surface area contributed by atoms with E-state index in [1.165, 1.54) is 10.9 Å². The third kappa shape index (κ3) is 5.48. The highest BCUT2D eigenvalue weighted by Crippen LogP contribution is 2.34. The van der Waals surface area contributed by atoms with Gasteiger partial charge in [0.05, 0.1) is 37.8 Å². The van der Waals surface area contributed by atoms with Crippen molar-refractivity contribution in [1.29, 1.82) is 0 Å². The van der Waals surface area contributed by atoms with Crippen LogP contribution in [0.1, 0.15) is 30.1 Å². The number of alkyl halides is 1. The second-order valence-corrected chi connectivity index (χ2v) is 10.4. The number of carbonyl (C=O) groups is 2. The first-order chi connectivity index (χ1) is 18.7. The molecule has 2 saturated heterocycles. The fourth-order valence-corrected chi connectivity index (χ4v) is 5.49. The molecule has 4 N–H and O–H groups in total. The maximum atomic E-state index is 15.1. The molecule has 2 aromatic heterocycles. The monoisotopic (exact) mass is 547 g/mol. The zero-order valence-corrected chi connectivity index (χ0v) is 22.3. The second-order valence-electron chi connectivity index (χ2n) is 10.4. The van der Waals surface area contributed by atoms with E-state index in [1.807, 2.05) is 14.0 Å². The average molecular weight is 548 g/mol. The van der Waals surface area contributed by atoms with E-state index in [2.05, 4.69) is 25.6 Å². The van der Waals surface area contributed by atoms with Gasteiger partial charge < -0.3 is 35.8 Å². The predicted octanol–water partition coefficient (Wildman–Crippen LogP) is 1.16. The van der Waals surface area contributed by atoms with Crippen LogP contribution in [0.2, 0.25) is 0 Å². The molecule has 3 aliphatic rings. The number of fused-ring (bicyclic) bond motifs is 1. The van der Waals surface area contributed by atoms with Crippen LogP contribution in [0.15, 0.2) is 12.4 Å². The number of carbonyl (C=O) groups excluding carboxylic acids is 2. The highest BCUT2D eigenvalue weighted by atomic mass is 19.1. The summed E-state index contributed by atoms with van der Waals surface area (Å²) in [5.74, 6) is -1.01. The van der Waals surface area contributed by atoms with E-state index in [9.17, 15) is 9.59 Å². The minimum Gasteiger partial charge on any atom is -0.381 e. The third-order valence-corrected chi connectivity index (χ3v) is 7.48. The Morgan fingerprint density at radius 1 is 1.26 bits per heavy atom. The molecule has 0 aliphatic carbocycles. The van der Waals surface area contributed by atoms with Crippen molar-refractivity contribution in [2.24, 2.45) is 0 Å². The van der Waals surface area contributed by atoms with Gasteiger partial charge in [-0.25, -0.2) is 13.5 Å². The number of ether oxygens (including phenoxy) is 1. The molecule has 2 amide bonds. The Morgan fingerprint density at radius 2 is 2.03 bits per heavy atom. The van der Waals surface area contributed by atoms with Crippen molar-refractivity contribution >= 4 is 34.8 Å². The Kier molecular flexibility index (Phi) is 7.58. The van der Waals surface area contributed by atoms with Crippen molar-refractivity contribution < 1.29 is 23.1 Å². The summed E-state index contributed by atoms with van der Waals surface area (Å²) in [5, 5.41) is 9.85. The molecule has 5 rings (SSSR count). The number of anilines is 4. The van der Waals surface area contributed by atoms with Crippen LogP contribution >= 0.6 is 0 Å². The molecule has 2 unspecified atom stereocenters. The Hall–Kier alpha value is -3.52. The quantitative estimate of drug-likeness (QED) is 0.487. The number of nitrogens with zero attached hydrogens (tertiary/aromatic N) is 6. The number of hydrogen-bond donors (Lipinski definition) is 3. The summed E-state index contributed by atoms with van der Waals surface area (Å²) in [5.41, 5.74) is 4.98. The number of nitrogen functional groups attached to an aromatic ring is 1. The molecule has 2 aromatic rings. The molecule has 5 heterocycles. The van der Waals surface area contributed by atoms with E-state index in [0.717, 1.165) is 12.7 Å². The minimum atomic E-state index is -1.49. The van der Waals surface area contributed by atoms with Gasteiger partial charge in [-0.05, 0) is 13.5 Å². The number of rotatable bonds is 6. The predicted molar refractivity (Wildman–Crippen MR) is 142 cm³/mol. The SMILES string of the molecule is CCCC1(F)CNc2c(C(=O)Nc3cncc(F)c3N3CCN(C(=O)C4CN(C)CCO4)CC3)c(N)nn2C1. The van der Waals surface area contributed by atoms with Crippen LogP contribution in [0.3, 0.4) is 0 Å². The fraction of sp³-hybridized carbons (Fsp3) is 0.600. The van der Waals surface area contributed by atoms with Gasteiger partial charge in [0, 0.05) is 39.3 Å². The number of nitrogens with two attached hydrogens (primary N) is 1. The molecular formula is C25H35F2N9O3. The van der Waals surface area contributed by atoms with Crippen LogP contribution in [0.5, 0.6) is 0 Å². The van der Waals surface area contributed by atoms with Gasteiger partial charge in [-0.1, -0.05) is 13.3 Å². The first kappa shape index (κ1) is 27.1. The first-order valence-electron chi connectivity index (χ1n) is 13.3. The number of aromatic nitrogens is 3. The first-order valence-corrected chi connectivity index (χ1v) is 13.3. The van der Waals surface area contributed by atoms with Crippen molar-refractivity contribution in [1.82, 2.24) is 24.6 Å². The molecule has 12 nitrogen and oxygen atoms in total. The summed E-state index contributed by atoms with van der Waals surface area (Å²) in [6.45, 7) is 5.24. The largest absolute Gasteiger partial charge is 0.381 e. The molecule has 0 saturated carbocycles. The summed E-state index contributed by atoms with van der Waals surface area (Å²) in [7, 11) is 1.95. The number of halogens is 2. The molecule has 39 heavy (non-hydrogen) atoms. The molecule has 0 bridgehead atoms. The summed E-state index contributed by atoms with van der Waals surface area (Å²) < 4.78 is 37.2. The lowest BCUT2D eigenvalue weighted by Crippen LogP contribution is -2.55. The molecule has 0 radical (unpaired) electrons. The molecule has 3 aliphatic heterocycles. The Balaban J connectivity index is 1.29. The number of nitrogens with one attached hydrogen (secondary N) is 2. The number of pyridine rings is 1. The van der Waals surface area contributed by atoms with Gasteiger partial charge in [-0.2, -0.15) is 5.10 Å². The summed E-state index contributed by atoms with van der Waals surface area (Å²) >= 11 is 0. The van der Waals surface area contributed by atoms with E-state index in [-0.39, 0.29) is 41.8 Å². The van der Waals surface area contributed by atoms with Gasteiger partial charge in [0.25, 0.3) is 11.8 Å². The van der Waals surface area contributed by atoms with Crippen molar-refractivity contribution in [3.8, 4) is 0 Å². The van der Waals surface area contributed by atoms with Gasteiger partial charge in [-0.15, -0.1) is 0 Å². The average Bonchev–Trinajstić information content (AvgIpc) is 3.23. The van der Waals surface area contributed by atoms with Crippen molar-refractivity contribution in [3.63, 3.8) is 0 Å². The van der Waals surface area contributed by atoms with E-state index in [1.54, 1.807) is 9.80 Å².